The van der Waals surface area contributed by atoms with Crippen LogP contribution in [0.3, 0.4) is 0 Å². The number of benzene rings is 1. The molecule has 1 aromatic carbocycles. The van der Waals surface area contributed by atoms with Crippen molar-refractivity contribution in [2.75, 3.05) is 20.1 Å². The molecule has 0 bridgehead atoms. The van der Waals surface area contributed by atoms with Crippen molar-refractivity contribution >= 4 is 21.6 Å². The minimum Gasteiger partial charge on any atom is -0.283 e. The van der Waals surface area contributed by atoms with Crippen molar-refractivity contribution in [1.82, 2.24) is 19.0 Å². The topological polar surface area (TPSA) is 58.4 Å². The lowest BCUT2D eigenvalue weighted by Gasteiger charge is -2.20. The SMILES string of the molecule is CCN(CC)S(=O)(=O)c1c(C)nn(CN(C)Cc2c(F)cccc2Cl)c1C. The summed E-state index contributed by atoms with van der Waals surface area (Å²) in [4.78, 5) is 2.07. The maximum Gasteiger partial charge on any atom is 0.246 e. The van der Waals surface area contributed by atoms with E-state index >= 15 is 0 Å². The molecule has 0 saturated carbocycles. The van der Waals surface area contributed by atoms with Crippen LogP contribution in [0, 0.1) is 19.7 Å². The predicted molar refractivity (Wildman–Crippen MR) is 105 cm³/mol. The van der Waals surface area contributed by atoms with Gasteiger partial charge in [-0.2, -0.15) is 9.40 Å². The van der Waals surface area contributed by atoms with Gasteiger partial charge in [0, 0.05) is 30.2 Å². The van der Waals surface area contributed by atoms with E-state index in [1.54, 1.807) is 37.7 Å². The van der Waals surface area contributed by atoms with Crippen LogP contribution in [-0.4, -0.2) is 47.5 Å². The smallest absolute Gasteiger partial charge is 0.246 e. The Balaban J connectivity index is 2.29. The van der Waals surface area contributed by atoms with Gasteiger partial charge in [0.25, 0.3) is 0 Å². The van der Waals surface area contributed by atoms with Gasteiger partial charge in [-0.05, 0) is 33.0 Å². The van der Waals surface area contributed by atoms with Gasteiger partial charge in [0.2, 0.25) is 10.0 Å². The average molecular weight is 417 g/mol. The molecule has 0 radical (unpaired) electrons. The molecule has 0 atom stereocenters. The van der Waals surface area contributed by atoms with Crippen LogP contribution in [0.4, 0.5) is 4.39 Å². The highest BCUT2D eigenvalue weighted by molar-refractivity contribution is 7.89. The fourth-order valence-corrected chi connectivity index (χ4v) is 5.17. The summed E-state index contributed by atoms with van der Waals surface area (Å²) in [7, 11) is -1.80. The van der Waals surface area contributed by atoms with E-state index in [1.165, 1.54) is 10.4 Å². The minimum absolute atomic E-state index is 0.239. The Kier molecular flexibility index (Phi) is 7.02. The van der Waals surface area contributed by atoms with E-state index in [0.29, 0.717) is 41.7 Å². The Bertz CT molecular complexity index is 890. The van der Waals surface area contributed by atoms with Crippen LogP contribution < -0.4 is 0 Å². The third-order valence-corrected chi connectivity index (χ3v) is 7.14. The van der Waals surface area contributed by atoms with Gasteiger partial charge in [0.15, 0.2) is 0 Å². The lowest BCUT2D eigenvalue weighted by atomic mass is 10.2. The quantitative estimate of drug-likeness (QED) is 0.661. The van der Waals surface area contributed by atoms with Crippen LogP contribution in [0.2, 0.25) is 5.02 Å². The Hall–Kier alpha value is -1.48. The van der Waals surface area contributed by atoms with Gasteiger partial charge in [0.05, 0.1) is 18.1 Å². The highest BCUT2D eigenvalue weighted by Crippen LogP contribution is 2.24. The molecule has 0 saturated heterocycles. The second kappa shape index (κ2) is 8.68. The summed E-state index contributed by atoms with van der Waals surface area (Å²) in [5.74, 6) is -0.368. The summed E-state index contributed by atoms with van der Waals surface area (Å²) in [6.07, 6.45) is 0. The summed E-state index contributed by atoms with van der Waals surface area (Å²) < 4.78 is 42.9. The predicted octanol–water partition coefficient (Wildman–Crippen LogP) is 3.41. The molecule has 27 heavy (non-hydrogen) atoms. The first-order valence-corrected chi connectivity index (χ1v) is 10.6. The number of nitrogens with zero attached hydrogens (tertiary/aromatic N) is 4. The van der Waals surface area contributed by atoms with Crippen molar-refractivity contribution in [3.8, 4) is 0 Å². The molecule has 1 heterocycles. The molecule has 6 nitrogen and oxygen atoms in total. The molecule has 2 rings (SSSR count). The fraction of sp³-hybridized carbons (Fsp3) is 0.500. The summed E-state index contributed by atoms with van der Waals surface area (Å²) >= 11 is 6.09. The van der Waals surface area contributed by atoms with Gasteiger partial charge < -0.3 is 0 Å². The molecule has 0 spiro atoms. The van der Waals surface area contributed by atoms with Gasteiger partial charge >= 0.3 is 0 Å². The summed E-state index contributed by atoms with van der Waals surface area (Å²) in [6.45, 7) is 8.42. The first kappa shape index (κ1) is 21.8. The standard InChI is InChI=1S/C18H26ClFN4O2S/c1-6-23(7-2)27(25,26)18-13(3)21-24(14(18)4)12-22(5)11-15-16(19)9-8-10-17(15)20/h8-10H,6-7,11-12H2,1-5H3. The first-order chi connectivity index (χ1) is 12.6. The fourth-order valence-electron chi connectivity index (χ4n) is 3.12. The molecule has 0 aliphatic heterocycles. The number of hydrogen-bond donors (Lipinski definition) is 0. The molecular weight excluding hydrogens is 391 g/mol. The number of sulfonamides is 1. The molecule has 0 unspecified atom stereocenters. The molecule has 0 aliphatic carbocycles. The van der Waals surface area contributed by atoms with Gasteiger partial charge in [-0.25, -0.2) is 12.8 Å². The monoisotopic (exact) mass is 416 g/mol. The third-order valence-electron chi connectivity index (χ3n) is 4.48. The lowest BCUT2D eigenvalue weighted by molar-refractivity contribution is 0.240. The zero-order valence-corrected chi connectivity index (χ0v) is 17.9. The molecule has 150 valence electrons. The van der Waals surface area contributed by atoms with E-state index in [-0.39, 0.29) is 17.3 Å². The van der Waals surface area contributed by atoms with E-state index in [2.05, 4.69) is 5.10 Å². The van der Waals surface area contributed by atoms with Gasteiger partial charge in [-0.3, -0.25) is 9.58 Å². The molecule has 0 fully saturated rings. The van der Waals surface area contributed by atoms with Crippen LogP contribution in [0.25, 0.3) is 0 Å². The number of hydrogen-bond acceptors (Lipinski definition) is 4. The van der Waals surface area contributed by atoms with Gasteiger partial charge in [0.1, 0.15) is 10.7 Å². The van der Waals surface area contributed by atoms with E-state index in [1.807, 2.05) is 18.7 Å². The highest BCUT2D eigenvalue weighted by Gasteiger charge is 2.29. The molecule has 2 aromatic rings. The second-order valence-corrected chi connectivity index (χ2v) is 8.73. The maximum atomic E-state index is 14.0. The van der Waals surface area contributed by atoms with Gasteiger partial charge in [-0.1, -0.05) is 31.5 Å². The zero-order chi connectivity index (χ0) is 20.4. The Morgan fingerprint density at radius 3 is 2.41 bits per heavy atom. The lowest BCUT2D eigenvalue weighted by Crippen LogP contribution is -2.31. The van der Waals surface area contributed by atoms with Crippen molar-refractivity contribution in [2.24, 2.45) is 0 Å². The summed E-state index contributed by atoms with van der Waals surface area (Å²) in [5.41, 5.74) is 1.42. The number of aromatic nitrogens is 2. The van der Waals surface area contributed by atoms with Crippen molar-refractivity contribution in [3.05, 3.63) is 46.0 Å². The summed E-state index contributed by atoms with van der Waals surface area (Å²) in [6, 6.07) is 4.57. The summed E-state index contributed by atoms with van der Waals surface area (Å²) in [5, 5.41) is 4.76. The molecule has 9 heteroatoms. The second-order valence-electron chi connectivity index (χ2n) is 6.44. The van der Waals surface area contributed by atoms with E-state index < -0.39 is 10.0 Å². The highest BCUT2D eigenvalue weighted by atomic mass is 35.5. The van der Waals surface area contributed by atoms with Crippen LogP contribution in [0.1, 0.15) is 30.8 Å². The average Bonchev–Trinajstić information content (AvgIpc) is 2.86. The van der Waals surface area contributed by atoms with Gasteiger partial charge in [-0.15, -0.1) is 0 Å². The van der Waals surface area contributed by atoms with Crippen molar-refractivity contribution in [2.45, 2.75) is 45.8 Å². The first-order valence-electron chi connectivity index (χ1n) is 8.79. The van der Waals surface area contributed by atoms with Crippen molar-refractivity contribution in [1.29, 1.82) is 0 Å². The number of aryl methyl sites for hydroxylation is 1. The molecule has 0 N–H and O–H groups in total. The Labute approximate surface area is 165 Å². The largest absolute Gasteiger partial charge is 0.283 e. The van der Waals surface area contributed by atoms with Crippen LogP contribution in [-0.2, 0) is 23.2 Å². The minimum atomic E-state index is -3.60. The number of rotatable bonds is 8. The van der Waals surface area contributed by atoms with E-state index in [4.69, 9.17) is 11.6 Å². The molecule has 0 aliphatic rings. The molecule has 0 amide bonds. The van der Waals surface area contributed by atoms with Crippen LogP contribution >= 0.6 is 11.6 Å². The zero-order valence-electron chi connectivity index (χ0n) is 16.3. The van der Waals surface area contributed by atoms with Crippen molar-refractivity contribution in [3.63, 3.8) is 0 Å². The Morgan fingerprint density at radius 2 is 1.85 bits per heavy atom. The van der Waals surface area contributed by atoms with Crippen molar-refractivity contribution < 1.29 is 12.8 Å². The molecular formula is C18H26ClFN4O2S. The van der Waals surface area contributed by atoms with Crippen LogP contribution in [0.5, 0.6) is 0 Å². The van der Waals surface area contributed by atoms with E-state index in [0.717, 1.165) is 0 Å². The Morgan fingerprint density at radius 1 is 1.22 bits per heavy atom. The third kappa shape index (κ3) is 4.51. The van der Waals surface area contributed by atoms with E-state index in [9.17, 15) is 12.8 Å². The molecule has 1 aromatic heterocycles. The van der Waals surface area contributed by atoms with Crippen LogP contribution in [0.15, 0.2) is 23.1 Å². The number of halogens is 2. The normalized spacial score (nSPS) is 12.3. The maximum absolute atomic E-state index is 14.0.